The summed E-state index contributed by atoms with van der Waals surface area (Å²) in [6, 6.07) is 0.347. The topological polar surface area (TPSA) is 30.5 Å². The maximum absolute atomic E-state index is 5.35. The molecule has 0 aliphatic rings. The van der Waals surface area contributed by atoms with Crippen LogP contribution in [-0.2, 0) is 9.47 Å². The summed E-state index contributed by atoms with van der Waals surface area (Å²) < 4.78 is 10.7. The molecular weight excluding hydrogens is 166 g/mol. The molecule has 0 aromatic heterocycles. The van der Waals surface area contributed by atoms with Crippen LogP contribution in [0, 0.1) is 0 Å². The zero-order valence-corrected chi connectivity index (χ0v) is 9.14. The van der Waals surface area contributed by atoms with Crippen molar-refractivity contribution in [2.75, 3.05) is 33.0 Å². The molecule has 0 aliphatic heterocycles. The lowest BCUT2D eigenvalue weighted by molar-refractivity contribution is 0.0652. The second-order valence-corrected chi connectivity index (χ2v) is 2.97. The first kappa shape index (κ1) is 12.9. The van der Waals surface area contributed by atoms with Gasteiger partial charge in [0.05, 0.1) is 19.3 Å². The van der Waals surface area contributed by atoms with E-state index in [-0.39, 0.29) is 0 Å². The first-order valence-corrected chi connectivity index (χ1v) is 5.23. The van der Waals surface area contributed by atoms with Gasteiger partial charge in [-0.25, -0.2) is 0 Å². The van der Waals surface area contributed by atoms with Gasteiger partial charge >= 0.3 is 0 Å². The van der Waals surface area contributed by atoms with E-state index in [2.05, 4.69) is 12.2 Å². The average molecular weight is 189 g/mol. The zero-order chi connectivity index (χ0) is 9.94. The lowest BCUT2D eigenvalue weighted by atomic mass is 10.3. The lowest BCUT2D eigenvalue weighted by Gasteiger charge is -2.17. The Balaban J connectivity index is 3.47. The summed E-state index contributed by atoms with van der Waals surface area (Å²) in [6.07, 6.45) is 1.15. The highest BCUT2D eigenvalue weighted by atomic mass is 16.5. The largest absolute Gasteiger partial charge is 0.380 e. The molecule has 0 aliphatic carbocycles. The Labute approximate surface area is 81.8 Å². The molecule has 0 atom stereocenters. The molecule has 80 valence electrons. The van der Waals surface area contributed by atoms with E-state index in [9.17, 15) is 0 Å². The van der Waals surface area contributed by atoms with E-state index in [4.69, 9.17) is 9.47 Å². The predicted molar refractivity (Wildman–Crippen MR) is 55.1 cm³/mol. The fourth-order valence-electron chi connectivity index (χ4n) is 1.03. The van der Waals surface area contributed by atoms with Crippen LogP contribution in [0.1, 0.15) is 27.2 Å². The maximum Gasteiger partial charge on any atom is 0.0642 e. The first-order valence-electron chi connectivity index (χ1n) is 5.23. The SMILES string of the molecule is CCCNC(COCC)COCC. The third-order valence-electron chi connectivity index (χ3n) is 1.73. The quantitative estimate of drug-likeness (QED) is 0.595. The lowest BCUT2D eigenvalue weighted by Crippen LogP contribution is -2.38. The third kappa shape index (κ3) is 8.22. The van der Waals surface area contributed by atoms with Crippen molar-refractivity contribution in [1.82, 2.24) is 5.32 Å². The standard InChI is InChI=1S/C10H23NO2/c1-4-7-11-10(8-12-5-2)9-13-6-3/h10-11H,4-9H2,1-3H3. The van der Waals surface area contributed by atoms with Crippen LogP contribution < -0.4 is 5.32 Å². The van der Waals surface area contributed by atoms with E-state index in [0.29, 0.717) is 6.04 Å². The van der Waals surface area contributed by atoms with E-state index < -0.39 is 0 Å². The van der Waals surface area contributed by atoms with Gasteiger partial charge in [0.15, 0.2) is 0 Å². The van der Waals surface area contributed by atoms with Crippen molar-refractivity contribution >= 4 is 0 Å². The predicted octanol–water partition coefficient (Wildman–Crippen LogP) is 1.43. The van der Waals surface area contributed by atoms with Crippen molar-refractivity contribution in [2.45, 2.75) is 33.2 Å². The van der Waals surface area contributed by atoms with Crippen LogP contribution in [0.2, 0.25) is 0 Å². The highest BCUT2D eigenvalue weighted by Crippen LogP contribution is 1.89. The summed E-state index contributed by atoms with van der Waals surface area (Å²) >= 11 is 0. The van der Waals surface area contributed by atoms with E-state index in [0.717, 1.165) is 39.4 Å². The van der Waals surface area contributed by atoms with Crippen LogP contribution >= 0.6 is 0 Å². The summed E-state index contributed by atoms with van der Waals surface area (Å²) in [6.45, 7) is 10.3. The van der Waals surface area contributed by atoms with E-state index in [1.165, 1.54) is 0 Å². The molecule has 0 amide bonds. The van der Waals surface area contributed by atoms with Gasteiger partial charge in [-0.1, -0.05) is 6.92 Å². The monoisotopic (exact) mass is 189 g/mol. The highest BCUT2D eigenvalue weighted by molar-refractivity contribution is 4.64. The van der Waals surface area contributed by atoms with Gasteiger partial charge in [0.1, 0.15) is 0 Å². The van der Waals surface area contributed by atoms with Gasteiger partial charge in [-0.15, -0.1) is 0 Å². The number of ether oxygens (including phenoxy) is 2. The summed E-state index contributed by atoms with van der Waals surface area (Å²) in [4.78, 5) is 0. The molecule has 0 radical (unpaired) electrons. The Hall–Kier alpha value is -0.120. The second kappa shape index (κ2) is 9.96. The van der Waals surface area contributed by atoms with Crippen molar-refractivity contribution in [2.24, 2.45) is 0 Å². The molecular formula is C10H23NO2. The zero-order valence-electron chi connectivity index (χ0n) is 9.14. The Morgan fingerprint density at radius 2 is 1.54 bits per heavy atom. The molecule has 0 spiro atoms. The van der Waals surface area contributed by atoms with Crippen molar-refractivity contribution in [3.05, 3.63) is 0 Å². The van der Waals surface area contributed by atoms with Crippen LogP contribution in [0.15, 0.2) is 0 Å². The number of rotatable bonds is 9. The molecule has 0 fully saturated rings. The summed E-state index contributed by atoms with van der Waals surface area (Å²) in [5.41, 5.74) is 0. The van der Waals surface area contributed by atoms with Crippen molar-refractivity contribution in [3.8, 4) is 0 Å². The molecule has 0 aromatic rings. The average Bonchev–Trinajstić information content (AvgIpc) is 2.17. The molecule has 0 saturated carbocycles. The van der Waals surface area contributed by atoms with Crippen LogP contribution in [0.3, 0.4) is 0 Å². The van der Waals surface area contributed by atoms with Gasteiger partial charge in [0, 0.05) is 13.2 Å². The van der Waals surface area contributed by atoms with Gasteiger partial charge < -0.3 is 14.8 Å². The molecule has 0 heterocycles. The fourth-order valence-corrected chi connectivity index (χ4v) is 1.03. The Kier molecular flexibility index (Phi) is 9.87. The van der Waals surface area contributed by atoms with E-state index >= 15 is 0 Å². The number of hydrogen-bond acceptors (Lipinski definition) is 3. The number of hydrogen-bond donors (Lipinski definition) is 1. The maximum atomic E-state index is 5.35. The Morgan fingerprint density at radius 1 is 1.00 bits per heavy atom. The van der Waals surface area contributed by atoms with Gasteiger partial charge in [-0.05, 0) is 26.8 Å². The van der Waals surface area contributed by atoms with E-state index in [1.54, 1.807) is 0 Å². The van der Waals surface area contributed by atoms with Crippen LogP contribution in [0.5, 0.6) is 0 Å². The summed E-state index contributed by atoms with van der Waals surface area (Å²) in [5, 5.41) is 3.39. The van der Waals surface area contributed by atoms with Gasteiger partial charge in [-0.3, -0.25) is 0 Å². The Bertz CT molecular complexity index is 79.9. The fraction of sp³-hybridized carbons (Fsp3) is 1.00. The molecule has 1 N–H and O–H groups in total. The molecule has 0 saturated heterocycles. The molecule has 0 rings (SSSR count). The summed E-state index contributed by atoms with van der Waals surface area (Å²) in [5.74, 6) is 0. The van der Waals surface area contributed by atoms with Crippen LogP contribution in [0.4, 0.5) is 0 Å². The first-order chi connectivity index (χ1) is 6.35. The van der Waals surface area contributed by atoms with Gasteiger partial charge in [-0.2, -0.15) is 0 Å². The molecule has 3 heteroatoms. The molecule has 0 aromatic carbocycles. The van der Waals surface area contributed by atoms with Gasteiger partial charge in [0.2, 0.25) is 0 Å². The van der Waals surface area contributed by atoms with E-state index in [1.807, 2.05) is 13.8 Å². The minimum atomic E-state index is 0.347. The van der Waals surface area contributed by atoms with Crippen LogP contribution in [-0.4, -0.2) is 39.0 Å². The minimum absolute atomic E-state index is 0.347. The van der Waals surface area contributed by atoms with Gasteiger partial charge in [0.25, 0.3) is 0 Å². The highest BCUT2D eigenvalue weighted by Gasteiger charge is 2.06. The molecule has 13 heavy (non-hydrogen) atoms. The Morgan fingerprint density at radius 3 is 1.92 bits per heavy atom. The summed E-state index contributed by atoms with van der Waals surface area (Å²) in [7, 11) is 0. The second-order valence-electron chi connectivity index (χ2n) is 2.97. The third-order valence-corrected chi connectivity index (χ3v) is 1.73. The minimum Gasteiger partial charge on any atom is -0.380 e. The number of nitrogens with one attached hydrogen (secondary N) is 1. The molecule has 0 bridgehead atoms. The van der Waals surface area contributed by atoms with Crippen molar-refractivity contribution < 1.29 is 9.47 Å². The van der Waals surface area contributed by atoms with Crippen molar-refractivity contribution in [3.63, 3.8) is 0 Å². The van der Waals surface area contributed by atoms with Crippen LogP contribution in [0.25, 0.3) is 0 Å². The van der Waals surface area contributed by atoms with Crippen molar-refractivity contribution in [1.29, 1.82) is 0 Å². The molecule has 3 nitrogen and oxygen atoms in total. The smallest absolute Gasteiger partial charge is 0.0642 e. The molecule has 0 unspecified atom stereocenters. The normalized spacial score (nSPS) is 11.1.